The molecule has 103 heavy (non-hydrogen) atoms. The average Bonchev–Trinajstić information content (AvgIpc) is 1.66. The highest BCUT2D eigenvalue weighted by atomic mass is 35.5. The number of anilines is 3. The predicted octanol–water partition coefficient (Wildman–Crippen LogP) is 14.6. The van der Waals surface area contributed by atoms with E-state index in [0.29, 0.717) is 10.8 Å². The molecular weight excluding hydrogens is 1340 g/mol. The maximum Gasteiger partial charge on any atom is 0.411 e. The Kier molecular flexibility index (Phi) is 22.2. The molecule has 15 rings (SSSR count). The lowest BCUT2D eigenvalue weighted by Gasteiger charge is -2.42. The Balaban J connectivity index is 0.000000138. The summed E-state index contributed by atoms with van der Waals surface area (Å²) in [5.41, 5.74) is 10.3. The monoisotopic (exact) mass is 1440 g/mol. The topological polar surface area (TPSA) is 181 Å². The first-order valence-corrected chi connectivity index (χ1v) is 37.9. The van der Waals surface area contributed by atoms with Crippen LogP contribution in [0.25, 0.3) is 16.9 Å². The number of carbonyl (C=O) groups excluding carboxylic acids is 2. The van der Waals surface area contributed by atoms with Gasteiger partial charge in [-0.3, -0.25) is 38.0 Å². The number of hydrogen-bond acceptors (Lipinski definition) is 17. The van der Waals surface area contributed by atoms with E-state index in [9.17, 15) is 9.59 Å². The third-order valence-electron chi connectivity index (χ3n) is 21.1. The van der Waals surface area contributed by atoms with Crippen LogP contribution in [0.2, 0.25) is 10.3 Å². The minimum Gasteiger partial charge on any atom is -0.444 e. The number of nitrogens with one attached hydrogen (secondary N) is 1. The molecule has 0 aliphatic carbocycles. The van der Waals surface area contributed by atoms with E-state index < -0.39 is 11.2 Å². The maximum atomic E-state index is 13.7. The SMILES string of the molecule is Cc1cccnc1[C@H]1CCC[C@@H](c2cn3c(N4CCN(C)CC4)cccc3n2)N1C(=O)OC(C)(C)C.Cc1cccnc1[C@H]1CCC[C@@H](c2nc3cccc(N4CCN(C)CC4)n3c2Cl)N1.Cc1cccnc1[C@H]1CCC[C@@H](c2nc3cccc(N4CCN(C)CC4)n3c2Cl)N1C(=O)OC(C)(C)C. The number of piperazine rings is 3. The van der Waals surface area contributed by atoms with Crippen molar-refractivity contribution in [3.63, 3.8) is 0 Å². The number of likely N-dealkylation sites (N-methyl/N-ethyl adjacent to an activating group) is 3. The minimum atomic E-state index is -0.625. The zero-order chi connectivity index (χ0) is 72.4. The highest BCUT2D eigenvalue weighted by molar-refractivity contribution is 6.31. The summed E-state index contributed by atoms with van der Waals surface area (Å²) < 4.78 is 18.2. The number of likely N-dealkylation sites (tertiary alicyclic amines) is 2. The van der Waals surface area contributed by atoms with E-state index in [2.05, 4.69) is 143 Å². The number of aryl methyl sites for hydroxylation is 3. The fourth-order valence-electron chi connectivity index (χ4n) is 15.7. The first-order valence-electron chi connectivity index (χ1n) is 37.1. The van der Waals surface area contributed by atoms with Gasteiger partial charge in [-0.1, -0.05) is 59.6 Å². The number of amides is 2. The van der Waals surface area contributed by atoms with Crippen LogP contribution in [0.3, 0.4) is 0 Å². The van der Waals surface area contributed by atoms with Crippen molar-refractivity contribution in [2.45, 2.75) is 168 Å². The molecule has 22 nitrogen and oxygen atoms in total. The molecule has 6 saturated heterocycles. The van der Waals surface area contributed by atoms with Crippen molar-refractivity contribution in [3.8, 4) is 0 Å². The summed E-state index contributed by atoms with van der Waals surface area (Å²) in [6.07, 6.45) is 15.4. The molecule has 15 heterocycles. The van der Waals surface area contributed by atoms with Gasteiger partial charge in [0.25, 0.3) is 0 Å². The largest absolute Gasteiger partial charge is 0.444 e. The third kappa shape index (κ3) is 16.2. The lowest BCUT2D eigenvalue weighted by atomic mass is 9.90. The van der Waals surface area contributed by atoms with Gasteiger partial charge in [0.1, 0.15) is 61.6 Å². The maximum absolute atomic E-state index is 13.7. The van der Waals surface area contributed by atoms with Gasteiger partial charge in [0.15, 0.2) is 0 Å². The second-order valence-electron chi connectivity index (χ2n) is 30.9. The van der Waals surface area contributed by atoms with Crippen LogP contribution < -0.4 is 20.0 Å². The first-order chi connectivity index (χ1) is 49.5. The molecule has 548 valence electrons. The molecule has 0 spiro atoms. The average molecular weight is 1440 g/mol. The van der Waals surface area contributed by atoms with Gasteiger partial charge < -0.3 is 44.2 Å². The second kappa shape index (κ2) is 31.3. The van der Waals surface area contributed by atoms with Crippen LogP contribution >= 0.6 is 23.2 Å². The zero-order valence-corrected chi connectivity index (χ0v) is 63.8. The highest BCUT2D eigenvalue weighted by Crippen LogP contribution is 2.47. The van der Waals surface area contributed by atoms with E-state index in [0.717, 1.165) is 215 Å². The second-order valence-corrected chi connectivity index (χ2v) is 31.6. The van der Waals surface area contributed by atoms with Gasteiger partial charge in [0.05, 0.1) is 64.7 Å². The van der Waals surface area contributed by atoms with E-state index in [4.69, 9.17) is 52.6 Å². The molecule has 0 aromatic carbocycles. The molecule has 0 unspecified atom stereocenters. The van der Waals surface area contributed by atoms with Gasteiger partial charge in [-0.05, 0) is 213 Å². The number of pyridine rings is 6. The van der Waals surface area contributed by atoms with Crippen LogP contribution in [-0.2, 0) is 9.47 Å². The molecule has 6 fully saturated rings. The standard InChI is InChI=1S/C28H37ClN6O2.C28H38N6O2.C23H29ClN6/c1-19-9-8-14-30-24(19)20-10-6-11-21(34(20)27(36)37-28(2,3)4)25-26(29)35-22(31-25)12-7-13-23(35)33-17-15-32(5)16-18-33;1-20-9-8-14-29-26(20)23-11-6-10-22(34(23)27(35)36-28(2,3)4)21-19-33-24(30-21)12-7-13-25(33)32-17-15-31(5)16-18-32;1-16-6-5-11-25-21(16)17-7-3-8-18(26-17)22-23(24)30-19(27-22)9-4-10-20(30)29-14-12-28(2)13-15-29/h7-9,12-14,20-21H,6,10-11,15-18H2,1-5H3;7-9,12-14,19,22-23H,6,10-11,15-18H2,1-5H3;4-6,9-11,17-18,26H,3,7-8,12-15H2,1-2H3/t20-,21+;22-,23+;17-,18+/m101/s1. The summed E-state index contributed by atoms with van der Waals surface area (Å²) in [6.45, 7) is 29.7. The molecule has 6 atom stereocenters. The number of imidazole rings is 3. The highest BCUT2D eigenvalue weighted by Gasteiger charge is 2.44. The Morgan fingerprint density at radius 3 is 1.25 bits per heavy atom. The van der Waals surface area contributed by atoms with Crippen molar-refractivity contribution < 1.29 is 19.1 Å². The van der Waals surface area contributed by atoms with Crippen molar-refractivity contribution in [1.82, 2.24) is 72.9 Å². The van der Waals surface area contributed by atoms with Gasteiger partial charge in [0.2, 0.25) is 0 Å². The molecule has 9 aromatic rings. The van der Waals surface area contributed by atoms with Crippen LogP contribution in [0, 0.1) is 20.8 Å². The number of hydrogen-bond donors (Lipinski definition) is 1. The van der Waals surface area contributed by atoms with Crippen LogP contribution in [0.4, 0.5) is 27.0 Å². The van der Waals surface area contributed by atoms with E-state index in [-0.39, 0.29) is 48.4 Å². The smallest absolute Gasteiger partial charge is 0.411 e. The van der Waals surface area contributed by atoms with Crippen LogP contribution in [-0.4, -0.2) is 191 Å². The number of nitrogens with zero attached hydrogens (tertiary/aromatic N) is 17. The lowest BCUT2D eigenvalue weighted by Crippen LogP contribution is -2.45. The number of aromatic nitrogens is 9. The van der Waals surface area contributed by atoms with Crippen molar-refractivity contribution in [3.05, 3.63) is 177 Å². The minimum absolute atomic E-state index is 0.137. The Hall–Kier alpha value is -8.12. The molecule has 9 aromatic heterocycles. The van der Waals surface area contributed by atoms with Crippen molar-refractivity contribution in [2.75, 3.05) is 114 Å². The predicted molar refractivity (Wildman–Crippen MR) is 409 cm³/mol. The van der Waals surface area contributed by atoms with Crippen molar-refractivity contribution >= 4 is 69.8 Å². The Morgan fingerprint density at radius 2 is 0.796 bits per heavy atom. The number of fused-ring (bicyclic) bond motifs is 3. The Labute approximate surface area is 617 Å². The van der Waals surface area contributed by atoms with Crippen LogP contribution in [0.1, 0.15) is 186 Å². The van der Waals surface area contributed by atoms with Crippen LogP contribution in [0.15, 0.2) is 116 Å². The van der Waals surface area contributed by atoms with Gasteiger partial charge in [-0.25, -0.2) is 24.5 Å². The number of piperidine rings is 3. The number of carbonyl (C=O) groups is 2. The number of rotatable bonds is 9. The Bertz CT molecular complexity index is 4420. The molecule has 0 saturated carbocycles. The summed E-state index contributed by atoms with van der Waals surface area (Å²) in [4.78, 5) is 74.5. The normalized spacial score (nSPS) is 22.1. The van der Waals surface area contributed by atoms with Gasteiger partial charge in [-0.15, -0.1) is 0 Å². The van der Waals surface area contributed by atoms with E-state index in [1.54, 1.807) is 6.20 Å². The van der Waals surface area contributed by atoms with Gasteiger partial charge in [0, 0.05) is 103 Å². The van der Waals surface area contributed by atoms with E-state index >= 15 is 0 Å². The lowest BCUT2D eigenvalue weighted by molar-refractivity contribution is -0.00884. The molecule has 6 aliphatic rings. The van der Waals surface area contributed by atoms with E-state index in [1.165, 1.54) is 5.56 Å². The molecule has 0 radical (unpaired) electrons. The first kappa shape index (κ1) is 73.2. The van der Waals surface area contributed by atoms with Crippen molar-refractivity contribution in [2.24, 2.45) is 0 Å². The molecule has 24 heteroatoms. The summed E-state index contributed by atoms with van der Waals surface area (Å²) >= 11 is 14.1. The number of ether oxygens (including phenoxy) is 2. The fraction of sp³-hybridized carbons (Fsp3) is 0.519. The molecule has 1 N–H and O–H groups in total. The van der Waals surface area contributed by atoms with Gasteiger partial charge >= 0.3 is 12.2 Å². The zero-order valence-electron chi connectivity index (χ0n) is 62.3. The quantitative estimate of drug-likeness (QED) is 0.144. The third-order valence-corrected chi connectivity index (χ3v) is 21.8. The number of halogens is 2. The summed E-state index contributed by atoms with van der Waals surface area (Å²) in [5, 5.41) is 5.08. The summed E-state index contributed by atoms with van der Waals surface area (Å²) in [7, 11) is 6.49. The van der Waals surface area contributed by atoms with E-state index in [1.807, 2.05) is 118 Å². The summed E-state index contributed by atoms with van der Waals surface area (Å²) in [6, 6.07) is 30.3. The van der Waals surface area contributed by atoms with Crippen LogP contribution in [0.5, 0.6) is 0 Å². The summed E-state index contributed by atoms with van der Waals surface area (Å²) in [5.74, 6) is 3.32. The molecular formula is C79H104Cl2N18O4. The molecule has 0 bridgehead atoms. The molecule has 2 amide bonds. The van der Waals surface area contributed by atoms with Crippen molar-refractivity contribution in [1.29, 1.82) is 0 Å². The fourth-order valence-corrected chi connectivity index (χ4v) is 16.4. The van der Waals surface area contributed by atoms with Gasteiger partial charge in [-0.2, -0.15) is 0 Å². The Morgan fingerprint density at radius 1 is 0.427 bits per heavy atom. The molecule has 6 aliphatic heterocycles.